The van der Waals surface area contributed by atoms with Crippen LogP contribution in [0.25, 0.3) is 0 Å². The lowest BCUT2D eigenvalue weighted by Crippen LogP contribution is -2.41. The number of anilines is 1. The molecule has 0 spiro atoms. The van der Waals surface area contributed by atoms with Crippen LogP contribution >= 0.6 is 0 Å². The van der Waals surface area contributed by atoms with Gasteiger partial charge in [0, 0.05) is 12.0 Å². The molecular formula is C26H33NO5. The van der Waals surface area contributed by atoms with E-state index in [-0.39, 0.29) is 18.7 Å². The summed E-state index contributed by atoms with van der Waals surface area (Å²) < 4.78 is 11.4. The lowest BCUT2D eigenvalue weighted by molar-refractivity contribution is -0.141. The molecule has 3 rings (SSSR count). The highest BCUT2D eigenvalue weighted by Crippen LogP contribution is 2.46. The number of hydrogen-bond donors (Lipinski definition) is 1. The highest BCUT2D eigenvalue weighted by atomic mass is 16.5. The molecule has 1 unspecified atom stereocenters. The van der Waals surface area contributed by atoms with Crippen molar-refractivity contribution in [1.82, 2.24) is 0 Å². The van der Waals surface area contributed by atoms with Crippen molar-refractivity contribution in [2.24, 2.45) is 5.92 Å². The number of nitrogens with zero attached hydrogens (tertiary/aromatic N) is 1. The Hall–Kier alpha value is -2.86. The van der Waals surface area contributed by atoms with E-state index in [1.807, 2.05) is 38.1 Å². The summed E-state index contributed by atoms with van der Waals surface area (Å²) in [5.74, 6) is 1.08. The van der Waals surface area contributed by atoms with Gasteiger partial charge < -0.3 is 19.5 Å². The van der Waals surface area contributed by atoms with Gasteiger partial charge in [0.05, 0.1) is 25.9 Å². The summed E-state index contributed by atoms with van der Waals surface area (Å²) in [6.45, 7) is 10.4. The van der Waals surface area contributed by atoms with Gasteiger partial charge in [-0.1, -0.05) is 37.6 Å². The minimum Gasteiger partial charge on any atom is -0.493 e. The number of ketones is 1. The standard InChI is InChI=1S/C26H33NO5/c1-16(2)9-10-32-22-8-7-20(13-23(22)31-6)15-27-24-18(4)11-17(3)12-21(24)26(30,25(27)29)14-19(5)28/h7-8,11-13,16,30H,9-10,14-15H2,1-6H3. The second-order valence-electron chi connectivity index (χ2n) is 9.12. The molecule has 172 valence electrons. The van der Waals surface area contributed by atoms with Crippen molar-refractivity contribution in [3.63, 3.8) is 0 Å². The average molecular weight is 440 g/mol. The van der Waals surface area contributed by atoms with Crippen LogP contribution in [0.15, 0.2) is 30.3 Å². The number of amides is 1. The zero-order valence-corrected chi connectivity index (χ0v) is 19.8. The van der Waals surface area contributed by atoms with Gasteiger partial charge in [0.25, 0.3) is 5.91 Å². The SMILES string of the molecule is COc1cc(CN2C(=O)C(O)(CC(C)=O)c3cc(C)cc(C)c32)ccc1OCCC(C)C. The largest absolute Gasteiger partial charge is 0.493 e. The van der Waals surface area contributed by atoms with Crippen LogP contribution in [0, 0.1) is 19.8 Å². The Morgan fingerprint density at radius 3 is 2.50 bits per heavy atom. The van der Waals surface area contributed by atoms with Gasteiger partial charge in [0.15, 0.2) is 17.1 Å². The van der Waals surface area contributed by atoms with Gasteiger partial charge in [-0.25, -0.2) is 0 Å². The third kappa shape index (κ3) is 4.65. The van der Waals surface area contributed by atoms with Crippen molar-refractivity contribution in [2.45, 2.75) is 59.6 Å². The van der Waals surface area contributed by atoms with E-state index < -0.39 is 11.5 Å². The molecule has 1 aliphatic heterocycles. The smallest absolute Gasteiger partial charge is 0.264 e. The summed E-state index contributed by atoms with van der Waals surface area (Å²) >= 11 is 0. The van der Waals surface area contributed by atoms with Crippen molar-refractivity contribution < 1.29 is 24.2 Å². The summed E-state index contributed by atoms with van der Waals surface area (Å²) in [5.41, 5.74) is 1.97. The fourth-order valence-corrected chi connectivity index (χ4v) is 4.27. The van der Waals surface area contributed by atoms with Gasteiger partial charge in [-0.3, -0.25) is 9.59 Å². The number of aryl methyl sites for hydroxylation is 2. The Morgan fingerprint density at radius 2 is 1.88 bits per heavy atom. The molecule has 0 radical (unpaired) electrons. The van der Waals surface area contributed by atoms with Crippen molar-refractivity contribution in [3.8, 4) is 11.5 Å². The van der Waals surface area contributed by atoms with E-state index in [9.17, 15) is 14.7 Å². The number of hydrogen-bond acceptors (Lipinski definition) is 5. The molecule has 0 aliphatic carbocycles. The maximum absolute atomic E-state index is 13.4. The van der Waals surface area contributed by atoms with Crippen LogP contribution in [0.1, 0.15) is 55.9 Å². The predicted molar refractivity (Wildman–Crippen MR) is 124 cm³/mol. The number of Topliss-reactive ketones (excluding diaryl/α,β-unsaturated/α-hetero) is 1. The normalized spacial score (nSPS) is 17.6. The van der Waals surface area contributed by atoms with Crippen LogP contribution in [0.5, 0.6) is 11.5 Å². The topological polar surface area (TPSA) is 76.1 Å². The molecule has 0 saturated heterocycles. The van der Waals surface area contributed by atoms with Crippen molar-refractivity contribution >= 4 is 17.4 Å². The Labute approximate surface area is 190 Å². The third-order valence-corrected chi connectivity index (χ3v) is 5.79. The molecule has 0 aromatic heterocycles. The Morgan fingerprint density at radius 1 is 1.16 bits per heavy atom. The molecule has 1 N–H and O–H groups in total. The quantitative estimate of drug-likeness (QED) is 0.625. The molecule has 1 amide bonds. The van der Waals surface area contributed by atoms with E-state index in [2.05, 4.69) is 13.8 Å². The van der Waals surface area contributed by atoms with Crippen molar-refractivity contribution in [2.75, 3.05) is 18.6 Å². The maximum Gasteiger partial charge on any atom is 0.264 e. The van der Waals surface area contributed by atoms with Gasteiger partial charge >= 0.3 is 0 Å². The minimum absolute atomic E-state index is 0.239. The van der Waals surface area contributed by atoms with Crippen LogP contribution in [0.4, 0.5) is 5.69 Å². The van der Waals surface area contributed by atoms with E-state index >= 15 is 0 Å². The fraction of sp³-hybridized carbons (Fsp3) is 0.462. The number of carbonyl (C=O) groups is 2. The first kappa shape index (κ1) is 23.8. The summed E-state index contributed by atoms with van der Waals surface area (Å²) in [5, 5.41) is 11.3. The predicted octanol–water partition coefficient (Wildman–Crippen LogP) is 4.45. The molecule has 0 bridgehead atoms. The molecule has 2 aromatic rings. The maximum atomic E-state index is 13.4. The summed E-state index contributed by atoms with van der Waals surface area (Å²) in [6, 6.07) is 9.37. The lowest BCUT2D eigenvalue weighted by Gasteiger charge is -2.23. The Bertz CT molecular complexity index is 1030. The molecule has 6 heteroatoms. The number of fused-ring (bicyclic) bond motifs is 1. The first-order valence-electron chi connectivity index (χ1n) is 11.0. The number of methoxy groups -OCH3 is 1. The van der Waals surface area contributed by atoms with Gasteiger partial charge in [-0.15, -0.1) is 0 Å². The molecule has 2 aromatic carbocycles. The number of ether oxygens (including phenoxy) is 2. The first-order chi connectivity index (χ1) is 15.1. The van der Waals surface area contributed by atoms with Crippen LogP contribution in [0.3, 0.4) is 0 Å². The highest BCUT2D eigenvalue weighted by Gasteiger charge is 2.51. The van der Waals surface area contributed by atoms with E-state index in [4.69, 9.17) is 9.47 Å². The Balaban J connectivity index is 1.94. The van der Waals surface area contributed by atoms with Crippen LogP contribution < -0.4 is 14.4 Å². The summed E-state index contributed by atoms with van der Waals surface area (Å²) in [6.07, 6.45) is 0.696. The number of benzene rings is 2. The van der Waals surface area contributed by atoms with E-state index in [1.165, 1.54) is 6.92 Å². The van der Waals surface area contributed by atoms with Gasteiger partial charge in [0.2, 0.25) is 0 Å². The van der Waals surface area contributed by atoms with E-state index in [0.717, 1.165) is 23.1 Å². The first-order valence-corrected chi connectivity index (χ1v) is 11.0. The zero-order valence-electron chi connectivity index (χ0n) is 19.8. The van der Waals surface area contributed by atoms with Crippen LogP contribution in [-0.4, -0.2) is 30.5 Å². The van der Waals surface area contributed by atoms with Crippen molar-refractivity contribution in [3.05, 3.63) is 52.6 Å². The number of rotatable bonds is 9. The summed E-state index contributed by atoms with van der Waals surface area (Å²) in [4.78, 5) is 26.8. The van der Waals surface area contributed by atoms with Crippen LogP contribution in [0.2, 0.25) is 0 Å². The second-order valence-corrected chi connectivity index (χ2v) is 9.12. The molecule has 0 saturated carbocycles. The number of aliphatic hydroxyl groups is 1. The zero-order chi connectivity index (χ0) is 23.6. The van der Waals surface area contributed by atoms with E-state index in [1.54, 1.807) is 18.1 Å². The van der Waals surface area contributed by atoms with Crippen LogP contribution in [-0.2, 0) is 21.7 Å². The molecular weight excluding hydrogens is 406 g/mol. The third-order valence-electron chi connectivity index (χ3n) is 5.79. The van der Waals surface area contributed by atoms with Gasteiger partial charge in [-0.2, -0.15) is 0 Å². The molecule has 1 heterocycles. The molecule has 1 aliphatic rings. The van der Waals surface area contributed by atoms with Gasteiger partial charge in [-0.05, 0) is 56.4 Å². The second kappa shape index (κ2) is 9.33. The Kier molecular flexibility index (Phi) is 6.94. The minimum atomic E-state index is -1.85. The van der Waals surface area contributed by atoms with Crippen molar-refractivity contribution in [1.29, 1.82) is 0 Å². The monoisotopic (exact) mass is 439 g/mol. The van der Waals surface area contributed by atoms with Gasteiger partial charge in [0.1, 0.15) is 5.78 Å². The lowest BCUT2D eigenvalue weighted by atomic mass is 9.88. The molecule has 6 nitrogen and oxygen atoms in total. The molecule has 0 fully saturated rings. The molecule has 1 atom stereocenters. The fourth-order valence-electron chi connectivity index (χ4n) is 4.27. The summed E-state index contributed by atoms with van der Waals surface area (Å²) in [7, 11) is 1.59. The number of carbonyl (C=O) groups excluding carboxylic acids is 2. The van der Waals surface area contributed by atoms with E-state index in [0.29, 0.717) is 35.3 Å². The molecule has 32 heavy (non-hydrogen) atoms. The highest BCUT2D eigenvalue weighted by molar-refractivity contribution is 6.09. The average Bonchev–Trinajstić information content (AvgIpc) is 2.90.